The molecule has 0 atom stereocenters. The maximum atomic E-state index is 12.6. The van der Waals surface area contributed by atoms with E-state index in [0.29, 0.717) is 17.2 Å². The number of benzene rings is 2. The van der Waals surface area contributed by atoms with Crippen molar-refractivity contribution in [3.63, 3.8) is 0 Å². The van der Waals surface area contributed by atoms with E-state index in [-0.39, 0.29) is 15.4 Å². The van der Waals surface area contributed by atoms with Crippen molar-refractivity contribution in [2.75, 3.05) is 0 Å². The van der Waals surface area contributed by atoms with Crippen LogP contribution in [0.1, 0.15) is 20.8 Å². The quantitative estimate of drug-likeness (QED) is 0.686. The fourth-order valence-electron chi connectivity index (χ4n) is 2.20. The van der Waals surface area contributed by atoms with Crippen LogP contribution in [0.25, 0.3) is 0 Å². The van der Waals surface area contributed by atoms with E-state index in [9.17, 15) is 8.42 Å². The lowest BCUT2D eigenvalue weighted by atomic mass is 10.2. The highest BCUT2D eigenvalue weighted by atomic mass is 32.2. The van der Waals surface area contributed by atoms with E-state index in [2.05, 4.69) is 0 Å². The Labute approximate surface area is 124 Å². The molecule has 0 aliphatic carbocycles. The van der Waals surface area contributed by atoms with Gasteiger partial charge in [-0.25, -0.2) is 8.42 Å². The average Bonchev–Trinajstić information content (AvgIpc) is 2.36. The van der Waals surface area contributed by atoms with Crippen LogP contribution in [0, 0.1) is 0 Å². The summed E-state index contributed by atoms with van der Waals surface area (Å²) >= 11 is 0. The van der Waals surface area contributed by atoms with Crippen LogP contribution in [0.5, 0.6) is 17.2 Å². The number of ether oxygens (including phenoxy) is 2. The maximum absolute atomic E-state index is 12.6. The first-order chi connectivity index (χ1) is 9.77. The Hall–Kier alpha value is -2.01. The van der Waals surface area contributed by atoms with E-state index >= 15 is 0 Å². The van der Waals surface area contributed by atoms with Gasteiger partial charge in [-0.2, -0.15) is 0 Å². The summed E-state index contributed by atoms with van der Waals surface area (Å²) in [6.07, 6.45) is 0. The van der Waals surface area contributed by atoms with Crippen LogP contribution in [-0.4, -0.2) is 14.0 Å². The van der Waals surface area contributed by atoms with E-state index in [4.69, 9.17) is 9.47 Å². The second kappa shape index (κ2) is 4.49. The standard InChI is InChI=1S/C16H16O4S/c1-16(2,3)20-11-8-9-15-13(10-11)19-12-6-4-5-7-14(12)21(15,17)18/h4-10H,1-3H3. The molecule has 0 bridgehead atoms. The van der Waals surface area contributed by atoms with E-state index in [1.807, 2.05) is 20.8 Å². The molecule has 3 rings (SSSR count). The lowest BCUT2D eigenvalue weighted by molar-refractivity contribution is 0.130. The van der Waals surface area contributed by atoms with Crippen molar-refractivity contribution in [1.82, 2.24) is 0 Å². The molecule has 0 saturated carbocycles. The van der Waals surface area contributed by atoms with Crippen molar-refractivity contribution in [2.24, 2.45) is 0 Å². The summed E-state index contributed by atoms with van der Waals surface area (Å²) in [7, 11) is -3.54. The first kappa shape index (κ1) is 13.9. The van der Waals surface area contributed by atoms with Crippen LogP contribution in [0.4, 0.5) is 0 Å². The predicted molar refractivity (Wildman–Crippen MR) is 78.8 cm³/mol. The highest BCUT2D eigenvalue weighted by Crippen LogP contribution is 2.43. The number of rotatable bonds is 1. The molecule has 0 unspecified atom stereocenters. The molecule has 0 saturated heterocycles. The van der Waals surface area contributed by atoms with Gasteiger partial charge in [0.25, 0.3) is 0 Å². The van der Waals surface area contributed by atoms with Gasteiger partial charge in [0.2, 0.25) is 9.84 Å². The predicted octanol–water partition coefficient (Wildman–Crippen LogP) is 3.80. The van der Waals surface area contributed by atoms with Crippen LogP contribution >= 0.6 is 0 Å². The Kier molecular flexibility index (Phi) is 2.99. The topological polar surface area (TPSA) is 52.6 Å². The van der Waals surface area contributed by atoms with E-state index in [1.165, 1.54) is 6.07 Å². The Morgan fingerprint density at radius 2 is 1.62 bits per heavy atom. The van der Waals surface area contributed by atoms with Gasteiger partial charge in [-0.3, -0.25) is 0 Å². The van der Waals surface area contributed by atoms with Crippen molar-refractivity contribution in [3.05, 3.63) is 42.5 Å². The minimum atomic E-state index is -3.54. The van der Waals surface area contributed by atoms with Gasteiger partial charge in [0, 0.05) is 6.07 Å². The summed E-state index contributed by atoms with van der Waals surface area (Å²) in [5, 5.41) is 0. The fraction of sp³-hybridized carbons (Fsp3) is 0.250. The highest BCUT2D eigenvalue weighted by molar-refractivity contribution is 7.91. The normalized spacial score (nSPS) is 15.6. The Morgan fingerprint density at radius 3 is 2.33 bits per heavy atom. The third-order valence-corrected chi connectivity index (χ3v) is 4.82. The average molecular weight is 304 g/mol. The molecule has 0 N–H and O–H groups in total. The molecule has 2 aromatic rings. The molecule has 0 amide bonds. The summed E-state index contributed by atoms with van der Waals surface area (Å²) in [6.45, 7) is 5.79. The second-order valence-electron chi connectivity index (χ2n) is 5.88. The second-order valence-corrected chi connectivity index (χ2v) is 7.76. The maximum Gasteiger partial charge on any atom is 0.213 e. The fourth-order valence-corrected chi connectivity index (χ4v) is 3.68. The SMILES string of the molecule is CC(C)(C)Oc1ccc2c(c1)Oc1ccccc1S2(=O)=O. The largest absolute Gasteiger partial charge is 0.488 e. The zero-order valence-corrected chi connectivity index (χ0v) is 12.9. The monoisotopic (exact) mass is 304 g/mol. The third-order valence-electron chi connectivity index (χ3n) is 2.99. The van der Waals surface area contributed by atoms with E-state index < -0.39 is 9.84 Å². The summed E-state index contributed by atoms with van der Waals surface area (Å²) < 4.78 is 36.6. The molecule has 0 aromatic heterocycles. The van der Waals surface area contributed by atoms with Crippen molar-refractivity contribution in [3.8, 4) is 17.2 Å². The number of para-hydroxylation sites is 1. The highest BCUT2D eigenvalue weighted by Gasteiger charge is 2.31. The summed E-state index contributed by atoms with van der Waals surface area (Å²) in [6, 6.07) is 11.4. The molecule has 0 spiro atoms. The molecule has 110 valence electrons. The molecule has 0 radical (unpaired) electrons. The zero-order chi connectivity index (χ0) is 15.3. The molecule has 5 heteroatoms. The summed E-state index contributed by atoms with van der Waals surface area (Å²) in [4.78, 5) is 0.365. The molecule has 1 aliphatic heterocycles. The lowest BCUT2D eigenvalue weighted by Crippen LogP contribution is -2.23. The summed E-state index contributed by atoms with van der Waals surface area (Å²) in [5.74, 6) is 1.23. The molecular weight excluding hydrogens is 288 g/mol. The van der Waals surface area contributed by atoms with Gasteiger partial charge in [-0.05, 0) is 45.0 Å². The van der Waals surface area contributed by atoms with Crippen LogP contribution in [0.2, 0.25) is 0 Å². The van der Waals surface area contributed by atoms with Gasteiger partial charge in [-0.1, -0.05) is 12.1 Å². The Balaban J connectivity index is 2.11. The molecule has 4 nitrogen and oxygen atoms in total. The van der Waals surface area contributed by atoms with Crippen LogP contribution in [0.15, 0.2) is 52.3 Å². The zero-order valence-electron chi connectivity index (χ0n) is 12.1. The van der Waals surface area contributed by atoms with Crippen molar-refractivity contribution in [2.45, 2.75) is 36.2 Å². The summed E-state index contributed by atoms with van der Waals surface area (Å²) in [5.41, 5.74) is -0.361. The van der Waals surface area contributed by atoms with Gasteiger partial charge < -0.3 is 9.47 Å². The molecule has 0 fully saturated rings. The van der Waals surface area contributed by atoms with Gasteiger partial charge in [0.1, 0.15) is 32.6 Å². The first-order valence-corrected chi connectivity index (χ1v) is 8.11. The van der Waals surface area contributed by atoms with Crippen LogP contribution < -0.4 is 9.47 Å². The molecule has 1 heterocycles. The lowest BCUT2D eigenvalue weighted by Gasteiger charge is -2.24. The van der Waals surface area contributed by atoms with Gasteiger partial charge in [0.15, 0.2) is 0 Å². The third kappa shape index (κ3) is 2.49. The van der Waals surface area contributed by atoms with Gasteiger partial charge in [-0.15, -0.1) is 0 Å². The van der Waals surface area contributed by atoms with E-state index in [0.717, 1.165) is 0 Å². The van der Waals surface area contributed by atoms with Gasteiger partial charge >= 0.3 is 0 Å². The van der Waals surface area contributed by atoms with Gasteiger partial charge in [0.05, 0.1) is 0 Å². The minimum Gasteiger partial charge on any atom is -0.488 e. The molecule has 1 aliphatic rings. The minimum absolute atomic E-state index is 0.169. The number of hydrogen-bond donors (Lipinski definition) is 0. The molecule has 21 heavy (non-hydrogen) atoms. The van der Waals surface area contributed by atoms with Crippen LogP contribution in [0.3, 0.4) is 0 Å². The van der Waals surface area contributed by atoms with Crippen LogP contribution in [-0.2, 0) is 9.84 Å². The smallest absolute Gasteiger partial charge is 0.213 e. The Morgan fingerprint density at radius 1 is 0.952 bits per heavy atom. The first-order valence-electron chi connectivity index (χ1n) is 6.62. The number of hydrogen-bond acceptors (Lipinski definition) is 4. The Bertz CT molecular complexity index is 801. The van der Waals surface area contributed by atoms with Crippen molar-refractivity contribution < 1.29 is 17.9 Å². The number of sulfone groups is 1. The van der Waals surface area contributed by atoms with Crippen molar-refractivity contribution >= 4 is 9.84 Å². The molecule has 2 aromatic carbocycles. The van der Waals surface area contributed by atoms with Crippen molar-refractivity contribution in [1.29, 1.82) is 0 Å². The molecular formula is C16H16O4S. The van der Waals surface area contributed by atoms with E-state index in [1.54, 1.807) is 36.4 Å². The number of fused-ring (bicyclic) bond motifs is 2.